The fourth-order valence-electron chi connectivity index (χ4n) is 2.62. The summed E-state index contributed by atoms with van der Waals surface area (Å²) in [7, 11) is 3.66. The zero-order valence-electron chi connectivity index (χ0n) is 17.6. The van der Waals surface area contributed by atoms with Crippen LogP contribution in [0.25, 0.3) is 0 Å². The molecule has 0 heterocycles. The van der Waals surface area contributed by atoms with Crippen molar-refractivity contribution in [2.24, 2.45) is 0 Å². The summed E-state index contributed by atoms with van der Waals surface area (Å²) in [4.78, 5) is 23.9. The van der Waals surface area contributed by atoms with Gasteiger partial charge in [-0.1, -0.05) is 50.2 Å². The molecule has 1 amide bonds. The fourth-order valence-corrected chi connectivity index (χ4v) is 2.62. The predicted molar refractivity (Wildman–Crippen MR) is 115 cm³/mol. The van der Waals surface area contributed by atoms with Crippen molar-refractivity contribution in [1.29, 1.82) is 0 Å². The standard InChI is InChI=1S/C13H19NO2.C10H13NO/c1-4-9-14(3)13(15)10-16-12-8-6-5-7-11(12)2;1-8(7-12)9-5-3-4-6-10(9)11-2/h5-8H,4,9-10H2,1-3H3;3-8,11H,1-2H3. The molecule has 5 nitrogen and oxygen atoms in total. The van der Waals surface area contributed by atoms with Gasteiger partial charge >= 0.3 is 0 Å². The second kappa shape index (κ2) is 12.5. The number of anilines is 1. The van der Waals surface area contributed by atoms with Crippen LogP contribution in [0.4, 0.5) is 5.69 Å². The number of carbonyl (C=O) groups is 2. The number of rotatable bonds is 8. The maximum atomic E-state index is 11.6. The summed E-state index contributed by atoms with van der Waals surface area (Å²) < 4.78 is 5.47. The van der Waals surface area contributed by atoms with E-state index in [1.165, 1.54) is 0 Å². The van der Waals surface area contributed by atoms with E-state index >= 15 is 0 Å². The molecule has 0 aliphatic carbocycles. The van der Waals surface area contributed by atoms with E-state index in [1.807, 2.05) is 76.3 Å². The van der Waals surface area contributed by atoms with Gasteiger partial charge in [0.15, 0.2) is 6.61 Å². The quantitative estimate of drug-likeness (QED) is 0.691. The maximum Gasteiger partial charge on any atom is 0.260 e. The number of hydrogen-bond acceptors (Lipinski definition) is 4. The van der Waals surface area contributed by atoms with Gasteiger partial charge in [0, 0.05) is 32.2 Å². The lowest BCUT2D eigenvalue weighted by Crippen LogP contribution is -2.32. The lowest BCUT2D eigenvalue weighted by Gasteiger charge is -2.16. The van der Waals surface area contributed by atoms with Gasteiger partial charge in [-0.25, -0.2) is 0 Å². The summed E-state index contributed by atoms with van der Waals surface area (Å²) in [6.07, 6.45) is 1.92. The number of aryl methyl sites for hydroxylation is 1. The van der Waals surface area contributed by atoms with Crippen molar-refractivity contribution < 1.29 is 14.3 Å². The van der Waals surface area contributed by atoms with Crippen molar-refractivity contribution in [1.82, 2.24) is 4.90 Å². The minimum absolute atomic E-state index is 0.0186. The van der Waals surface area contributed by atoms with Gasteiger partial charge in [-0.3, -0.25) is 4.79 Å². The molecule has 5 heteroatoms. The molecule has 2 rings (SSSR count). The van der Waals surface area contributed by atoms with Crippen LogP contribution in [0.2, 0.25) is 0 Å². The van der Waals surface area contributed by atoms with Crippen molar-refractivity contribution >= 4 is 17.9 Å². The van der Waals surface area contributed by atoms with Crippen LogP contribution in [-0.2, 0) is 9.59 Å². The molecule has 2 aromatic rings. The first kappa shape index (κ1) is 23.2. The van der Waals surface area contributed by atoms with Gasteiger partial charge in [-0.2, -0.15) is 0 Å². The van der Waals surface area contributed by atoms with E-state index in [0.29, 0.717) is 0 Å². The Hall–Kier alpha value is -2.82. The summed E-state index contributed by atoms with van der Waals surface area (Å²) in [6.45, 7) is 6.79. The molecule has 0 saturated carbocycles. The largest absolute Gasteiger partial charge is 0.484 e. The molecule has 152 valence electrons. The molecule has 1 N–H and O–H groups in total. The van der Waals surface area contributed by atoms with Crippen molar-refractivity contribution in [2.45, 2.75) is 33.1 Å². The van der Waals surface area contributed by atoms with E-state index in [2.05, 4.69) is 5.32 Å². The second-order valence-electron chi connectivity index (χ2n) is 6.63. The van der Waals surface area contributed by atoms with Gasteiger partial charge in [-0.15, -0.1) is 0 Å². The van der Waals surface area contributed by atoms with Crippen LogP contribution < -0.4 is 10.1 Å². The zero-order chi connectivity index (χ0) is 20.9. The van der Waals surface area contributed by atoms with Crippen LogP contribution in [-0.4, -0.2) is 44.3 Å². The van der Waals surface area contributed by atoms with Gasteiger partial charge in [0.2, 0.25) is 0 Å². The normalized spacial score (nSPS) is 10.9. The van der Waals surface area contributed by atoms with Gasteiger partial charge in [0.25, 0.3) is 5.91 Å². The first-order chi connectivity index (χ1) is 13.4. The first-order valence-electron chi connectivity index (χ1n) is 9.58. The molecule has 28 heavy (non-hydrogen) atoms. The summed E-state index contributed by atoms with van der Waals surface area (Å²) in [5, 5.41) is 3.05. The highest BCUT2D eigenvalue weighted by molar-refractivity contribution is 5.77. The molecule has 0 bridgehead atoms. The highest BCUT2D eigenvalue weighted by Crippen LogP contribution is 2.21. The second-order valence-corrected chi connectivity index (χ2v) is 6.63. The van der Waals surface area contributed by atoms with Crippen molar-refractivity contribution in [3.05, 3.63) is 59.7 Å². The Morgan fingerprint density at radius 2 is 1.82 bits per heavy atom. The summed E-state index contributed by atoms with van der Waals surface area (Å²) >= 11 is 0. The molecule has 0 aromatic heterocycles. The number of carbonyl (C=O) groups excluding carboxylic acids is 2. The fraction of sp³-hybridized carbons (Fsp3) is 0.391. The minimum Gasteiger partial charge on any atom is -0.484 e. The molecule has 2 aromatic carbocycles. The van der Waals surface area contributed by atoms with E-state index < -0.39 is 0 Å². The van der Waals surface area contributed by atoms with Gasteiger partial charge < -0.3 is 19.7 Å². The van der Waals surface area contributed by atoms with E-state index in [4.69, 9.17) is 4.74 Å². The van der Waals surface area contributed by atoms with E-state index in [0.717, 1.165) is 41.8 Å². The third-order valence-corrected chi connectivity index (χ3v) is 4.35. The Kier molecular flexibility index (Phi) is 10.4. The smallest absolute Gasteiger partial charge is 0.260 e. The van der Waals surface area contributed by atoms with Crippen LogP contribution in [0.1, 0.15) is 37.3 Å². The van der Waals surface area contributed by atoms with Crippen LogP contribution in [0.5, 0.6) is 5.75 Å². The summed E-state index contributed by atoms with van der Waals surface area (Å²) in [5.74, 6) is 0.763. The maximum absolute atomic E-state index is 11.6. The molecule has 1 atom stereocenters. The number of nitrogens with one attached hydrogen (secondary N) is 1. The van der Waals surface area contributed by atoms with Gasteiger partial charge in [0.1, 0.15) is 12.0 Å². The highest BCUT2D eigenvalue weighted by Gasteiger charge is 2.09. The van der Waals surface area contributed by atoms with Crippen LogP contribution in [0, 0.1) is 6.92 Å². The third kappa shape index (κ3) is 7.43. The van der Waals surface area contributed by atoms with Gasteiger partial charge in [0.05, 0.1) is 0 Å². The minimum atomic E-state index is -0.0337. The first-order valence-corrected chi connectivity index (χ1v) is 9.58. The number of amides is 1. The third-order valence-electron chi connectivity index (χ3n) is 4.35. The number of likely N-dealkylation sites (N-methyl/N-ethyl adjacent to an activating group) is 1. The van der Waals surface area contributed by atoms with Crippen molar-refractivity contribution in [2.75, 3.05) is 32.6 Å². The van der Waals surface area contributed by atoms with Crippen molar-refractivity contribution in [3.63, 3.8) is 0 Å². The number of hydrogen-bond donors (Lipinski definition) is 1. The number of ether oxygens (including phenoxy) is 1. The Morgan fingerprint density at radius 3 is 2.43 bits per heavy atom. The molecule has 0 radical (unpaired) electrons. The molecular formula is C23H32N2O3. The molecule has 0 aliphatic rings. The molecule has 0 fully saturated rings. The topological polar surface area (TPSA) is 58.6 Å². The number of nitrogens with zero attached hydrogens (tertiary/aromatic N) is 1. The van der Waals surface area contributed by atoms with Gasteiger partial charge in [-0.05, 0) is 36.6 Å². The average Bonchev–Trinajstić information content (AvgIpc) is 2.73. The Bertz CT molecular complexity index is 746. The zero-order valence-corrected chi connectivity index (χ0v) is 17.6. The van der Waals surface area contributed by atoms with E-state index in [1.54, 1.807) is 11.9 Å². The molecule has 0 aliphatic heterocycles. The molecule has 0 spiro atoms. The summed E-state index contributed by atoms with van der Waals surface area (Å²) in [5.41, 5.74) is 3.13. The van der Waals surface area contributed by atoms with Crippen molar-refractivity contribution in [3.8, 4) is 5.75 Å². The number of para-hydroxylation sites is 2. The Balaban J connectivity index is 0.000000292. The lowest BCUT2D eigenvalue weighted by molar-refractivity contribution is -0.132. The summed E-state index contributed by atoms with van der Waals surface area (Å²) in [6, 6.07) is 15.5. The number of aldehydes is 1. The van der Waals surface area contributed by atoms with Crippen LogP contribution in [0.15, 0.2) is 48.5 Å². The number of benzene rings is 2. The SMILES string of the molecule is CCCN(C)C(=O)COc1ccccc1C.CNc1ccccc1C(C)C=O. The molecule has 1 unspecified atom stereocenters. The Labute approximate surface area is 168 Å². The van der Waals surface area contributed by atoms with E-state index in [9.17, 15) is 9.59 Å². The van der Waals surface area contributed by atoms with E-state index in [-0.39, 0.29) is 18.4 Å². The average molecular weight is 385 g/mol. The molecular weight excluding hydrogens is 352 g/mol. The monoisotopic (exact) mass is 384 g/mol. The predicted octanol–water partition coefficient (Wildman–Crippen LogP) is 4.27. The highest BCUT2D eigenvalue weighted by atomic mass is 16.5. The van der Waals surface area contributed by atoms with Crippen LogP contribution in [0.3, 0.4) is 0 Å². The van der Waals surface area contributed by atoms with Crippen LogP contribution >= 0.6 is 0 Å². The lowest BCUT2D eigenvalue weighted by atomic mass is 10.0. The Morgan fingerprint density at radius 1 is 1.18 bits per heavy atom. The molecule has 0 saturated heterocycles.